The Kier molecular flexibility index (Phi) is 5.66. The van der Waals surface area contributed by atoms with E-state index >= 15 is 0 Å². The molecule has 1 aromatic heterocycles. The second kappa shape index (κ2) is 8.90. The first-order valence-corrected chi connectivity index (χ1v) is 12.8. The van der Waals surface area contributed by atoms with Crippen molar-refractivity contribution < 1.29 is 24.2 Å². The lowest BCUT2D eigenvalue weighted by atomic mass is 9.94. The van der Waals surface area contributed by atoms with Gasteiger partial charge in [-0.3, -0.25) is 14.5 Å². The predicted octanol–water partition coefficient (Wildman–Crippen LogP) is 5.91. The molecule has 0 bridgehead atoms. The van der Waals surface area contributed by atoms with Crippen molar-refractivity contribution in [1.29, 1.82) is 0 Å². The number of ether oxygens (including phenoxy) is 2. The average Bonchev–Trinajstić information content (AvgIpc) is 3.55. The molecule has 1 amide bonds. The molecule has 0 spiro atoms. The monoisotopic (exact) mass is 532 g/mol. The SMILES string of the molecule is COc1ccc2nc(N3C(=O)C(=O)/C(=C(\O)c4ccc5c(c4)CC(C)O5)C3c3cccc(Cl)c3)sc2c1. The van der Waals surface area contributed by atoms with Gasteiger partial charge >= 0.3 is 5.91 Å². The van der Waals surface area contributed by atoms with Crippen LogP contribution in [-0.2, 0) is 16.0 Å². The van der Waals surface area contributed by atoms with Gasteiger partial charge in [0.05, 0.1) is 28.9 Å². The van der Waals surface area contributed by atoms with Crippen molar-refractivity contribution in [2.24, 2.45) is 0 Å². The molecule has 186 valence electrons. The molecule has 3 aromatic carbocycles. The lowest BCUT2D eigenvalue weighted by Gasteiger charge is -2.23. The van der Waals surface area contributed by atoms with Gasteiger partial charge in [-0.05, 0) is 66.6 Å². The fraction of sp³-hybridized carbons (Fsp3) is 0.179. The van der Waals surface area contributed by atoms with Gasteiger partial charge in [0.15, 0.2) is 5.13 Å². The van der Waals surface area contributed by atoms with Crippen LogP contribution in [0, 0.1) is 0 Å². The lowest BCUT2D eigenvalue weighted by molar-refractivity contribution is -0.132. The van der Waals surface area contributed by atoms with Crippen LogP contribution in [0.5, 0.6) is 11.5 Å². The highest BCUT2D eigenvalue weighted by molar-refractivity contribution is 7.22. The van der Waals surface area contributed by atoms with Crippen molar-refractivity contribution in [3.63, 3.8) is 0 Å². The molecule has 1 fully saturated rings. The van der Waals surface area contributed by atoms with Crippen LogP contribution in [0.15, 0.2) is 66.2 Å². The number of anilines is 1. The number of halogens is 1. The van der Waals surface area contributed by atoms with Crippen LogP contribution in [-0.4, -0.2) is 35.0 Å². The molecule has 2 atom stereocenters. The Morgan fingerprint density at radius 1 is 1.16 bits per heavy atom. The summed E-state index contributed by atoms with van der Waals surface area (Å²) in [7, 11) is 1.58. The zero-order chi connectivity index (χ0) is 25.8. The summed E-state index contributed by atoms with van der Waals surface area (Å²) in [5.74, 6) is -0.400. The maximum absolute atomic E-state index is 13.5. The van der Waals surface area contributed by atoms with Crippen LogP contribution in [0.3, 0.4) is 0 Å². The fourth-order valence-electron chi connectivity index (χ4n) is 4.87. The summed E-state index contributed by atoms with van der Waals surface area (Å²) in [6, 6.07) is 16.7. The summed E-state index contributed by atoms with van der Waals surface area (Å²) in [6.07, 6.45) is 0.722. The van der Waals surface area contributed by atoms with E-state index in [0.29, 0.717) is 39.0 Å². The Morgan fingerprint density at radius 2 is 2.00 bits per heavy atom. The Labute approximate surface area is 221 Å². The maximum atomic E-state index is 13.5. The summed E-state index contributed by atoms with van der Waals surface area (Å²) in [6.45, 7) is 1.97. The van der Waals surface area contributed by atoms with Gasteiger partial charge in [0.1, 0.15) is 23.4 Å². The number of aliphatic hydroxyl groups excluding tert-OH is 1. The van der Waals surface area contributed by atoms with Crippen LogP contribution in [0.4, 0.5) is 5.13 Å². The molecule has 1 N–H and O–H groups in total. The number of aliphatic hydroxyl groups is 1. The molecule has 1 saturated heterocycles. The van der Waals surface area contributed by atoms with Crippen molar-refractivity contribution in [3.05, 3.63) is 87.9 Å². The van der Waals surface area contributed by atoms with E-state index in [-0.39, 0.29) is 17.4 Å². The smallest absolute Gasteiger partial charge is 0.301 e. The number of hydrogen-bond donors (Lipinski definition) is 1. The van der Waals surface area contributed by atoms with Crippen LogP contribution >= 0.6 is 22.9 Å². The molecule has 6 rings (SSSR count). The molecule has 9 heteroatoms. The van der Waals surface area contributed by atoms with E-state index in [2.05, 4.69) is 4.98 Å². The fourth-order valence-corrected chi connectivity index (χ4v) is 6.09. The van der Waals surface area contributed by atoms with E-state index in [1.165, 1.54) is 16.2 Å². The van der Waals surface area contributed by atoms with E-state index in [9.17, 15) is 14.7 Å². The van der Waals surface area contributed by atoms with Crippen LogP contribution in [0.25, 0.3) is 16.0 Å². The zero-order valence-electron chi connectivity index (χ0n) is 19.9. The minimum absolute atomic E-state index is 0.0176. The molecule has 0 saturated carbocycles. The van der Waals surface area contributed by atoms with Gasteiger partial charge in [0.25, 0.3) is 5.78 Å². The molecular weight excluding hydrogens is 512 g/mol. The molecule has 37 heavy (non-hydrogen) atoms. The number of rotatable bonds is 4. The van der Waals surface area contributed by atoms with Crippen molar-refractivity contribution in [2.75, 3.05) is 12.0 Å². The topological polar surface area (TPSA) is 89.0 Å². The molecule has 0 aliphatic carbocycles. The number of aromatic nitrogens is 1. The second-order valence-electron chi connectivity index (χ2n) is 9.01. The Balaban J connectivity index is 1.53. The Morgan fingerprint density at radius 3 is 2.78 bits per heavy atom. The van der Waals surface area contributed by atoms with E-state index in [1.807, 2.05) is 13.0 Å². The predicted molar refractivity (Wildman–Crippen MR) is 143 cm³/mol. The van der Waals surface area contributed by atoms with Crippen LogP contribution in [0.1, 0.15) is 29.7 Å². The minimum atomic E-state index is -0.912. The largest absolute Gasteiger partial charge is 0.507 e. The van der Waals surface area contributed by atoms with Gasteiger partial charge in [-0.15, -0.1) is 0 Å². The third-order valence-corrected chi connectivity index (χ3v) is 7.82. The first-order chi connectivity index (χ1) is 17.8. The maximum Gasteiger partial charge on any atom is 0.301 e. The number of Topliss-reactive ketones (excluding diaryl/α,β-unsaturated/α-hetero) is 1. The lowest BCUT2D eigenvalue weighted by Crippen LogP contribution is -2.29. The Hall–Kier alpha value is -3.88. The summed E-state index contributed by atoms with van der Waals surface area (Å²) in [5, 5.41) is 12.2. The normalized spacial score (nSPS) is 20.4. The van der Waals surface area contributed by atoms with Crippen molar-refractivity contribution >= 4 is 55.7 Å². The van der Waals surface area contributed by atoms with Gasteiger partial charge in [-0.1, -0.05) is 35.1 Å². The number of methoxy groups -OCH3 is 1. The van der Waals surface area contributed by atoms with Crippen LogP contribution in [0.2, 0.25) is 5.02 Å². The average molecular weight is 533 g/mol. The van der Waals surface area contributed by atoms with Crippen LogP contribution < -0.4 is 14.4 Å². The number of ketones is 1. The number of nitrogens with zero attached hydrogens (tertiary/aromatic N) is 2. The van der Waals surface area contributed by atoms with Crippen molar-refractivity contribution in [3.8, 4) is 11.5 Å². The van der Waals surface area contributed by atoms with Gasteiger partial charge in [0.2, 0.25) is 0 Å². The molecule has 0 radical (unpaired) electrons. The van der Waals surface area contributed by atoms with Crippen molar-refractivity contribution in [2.45, 2.75) is 25.5 Å². The Bertz CT molecular complexity index is 1630. The van der Waals surface area contributed by atoms with Crippen molar-refractivity contribution in [1.82, 2.24) is 4.98 Å². The number of benzene rings is 3. The highest BCUT2D eigenvalue weighted by atomic mass is 35.5. The third-order valence-electron chi connectivity index (χ3n) is 6.57. The molecule has 4 aromatic rings. The summed E-state index contributed by atoms with van der Waals surface area (Å²) < 4.78 is 11.9. The molecule has 2 unspecified atom stereocenters. The third kappa shape index (κ3) is 3.93. The highest BCUT2D eigenvalue weighted by Gasteiger charge is 2.48. The number of thiazole rings is 1. The van der Waals surface area contributed by atoms with Gasteiger partial charge < -0.3 is 14.6 Å². The quantitative estimate of drug-likeness (QED) is 0.200. The van der Waals surface area contributed by atoms with Gasteiger partial charge in [-0.25, -0.2) is 4.98 Å². The summed E-state index contributed by atoms with van der Waals surface area (Å²) in [5.41, 5.74) is 2.61. The van der Waals surface area contributed by atoms with E-state index in [0.717, 1.165) is 16.0 Å². The van der Waals surface area contributed by atoms with E-state index in [4.69, 9.17) is 21.1 Å². The molecule has 7 nitrogen and oxygen atoms in total. The number of amides is 1. The zero-order valence-corrected chi connectivity index (χ0v) is 21.5. The van der Waals surface area contributed by atoms with Gasteiger partial charge in [-0.2, -0.15) is 0 Å². The molecule has 2 aliphatic heterocycles. The molecular formula is C28H21ClN2O5S. The number of hydrogen-bond acceptors (Lipinski definition) is 7. The molecule has 2 aliphatic rings. The van der Waals surface area contributed by atoms with E-state index in [1.54, 1.807) is 61.7 Å². The first kappa shape index (κ1) is 23.5. The first-order valence-electron chi connectivity index (χ1n) is 11.6. The van der Waals surface area contributed by atoms with E-state index < -0.39 is 17.7 Å². The summed E-state index contributed by atoms with van der Waals surface area (Å²) in [4.78, 5) is 32.9. The van der Waals surface area contributed by atoms with Gasteiger partial charge in [0, 0.05) is 17.0 Å². The molecule has 3 heterocycles. The minimum Gasteiger partial charge on any atom is -0.507 e. The number of carbonyl (C=O) groups is 2. The second-order valence-corrected chi connectivity index (χ2v) is 10.5. The number of carbonyl (C=O) groups excluding carboxylic acids is 2. The summed E-state index contributed by atoms with van der Waals surface area (Å²) >= 11 is 7.57. The highest BCUT2D eigenvalue weighted by Crippen LogP contribution is 2.45. The number of fused-ring (bicyclic) bond motifs is 2. The standard InChI is InChI=1S/C28H21ClN2O5S/c1-14-10-17-11-16(6-9-21(17)36-14)25(32)23-24(15-4-3-5-18(29)12-15)31(27(34)26(23)33)28-30-20-8-7-19(35-2)13-22(20)37-28/h3-9,11-14,24,32H,10H2,1-2H3/b25-23-.